The maximum atomic E-state index is 13.2. The van der Waals surface area contributed by atoms with Crippen LogP contribution < -0.4 is 5.32 Å². The second-order valence-electron chi connectivity index (χ2n) is 3.70. The molecule has 96 valence electrons. The molecule has 7 heteroatoms. The van der Waals surface area contributed by atoms with Crippen LogP contribution in [0, 0.1) is 0 Å². The summed E-state index contributed by atoms with van der Waals surface area (Å²) in [6.45, 7) is 3.67. The Labute approximate surface area is 103 Å². The molecule has 5 nitrogen and oxygen atoms in total. The van der Waals surface area contributed by atoms with Crippen molar-refractivity contribution >= 4 is 29.6 Å². The molecule has 2 atom stereocenters. The van der Waals surface area contributed by atoms with E-state index in [0.29, 0.717) is 6.42 Å². The summed E-state index contributed by atoms with van der Waals surface area (Å²) in [5.74, 6) is -0.518. The van der Waals surface area contributed by atoms with Gasteiger partial charge in [0.1, 0.15) is 0 Å². The molecule has 0 bridgehead atoms. The number of hydrogen-bond donors (Lipinski definition) is 1. The van der Waals surface area contributed by atoms with Gasteiger partial charge in [-0.2, -0.15) is 11.8 Å². The number of barbiturate groups is 1. The van der Waals surface area contributed by atoms with Crippen LogP contribution in [-0.2, 0) is 9.59 Å². The van der Waals surface area contributed by atoms with Gasteiger partial charge in [-0.3, -0.25) is 19.8 Å². The van der Waals surface area contributed by atoms with Gasteiger partial charge >= 0.3 is 6.03 Å². The highest BCUT2D eigenvalue weighted by atomic mass is 32.2. The van der Waals surface area contributed by atoms with E-state index in [2.05, 4.69) is 0 Å². The van der Waals surface area contributed by atoms with Gasteiger partial charge < -0.3 is 0 Å². The average Bonchev–Trinajstić information content (AvgIpc) is 2.26. The van der Waals surface area contributed by atoms with Crippen LogP contribution in [0.15, 0.2) is 0 Å². The van der Waals surface area contributed by atoms with Crippen molar-refractivity contribution in [3.8, 4) is 0 Å². The fourth-order valence-electron chi connectivity index (χ4n) is 1.51. The number of urea groups is 1. The Morgan fingerprint density at radius 1 is 1.47 bits per heavy atom. The monoisotopic (exact) mass is 262 g/mol. The third-order valence-corrected chi connectivity index (χ3v) is 3.39. The lowest BCUT2D eigenvalue weighted by molar-refractivity contribution is -0.145. The summed E-state index contributed by atoms with van der Waals surface area (Å²) in [5.41, 5.74) is 0. The van der Waals surface area contributed by atoms with Crippen LogP contribution in [-0.4, -0.2) is 46.5 Å². The van der Waals surface area contributed by atoms with Crippen LogP contribution >= 0.6 is 11.8 Å². The molecular formula is C10H15FN2O3S. The number of nitrogens with one attached hydrogen (secondary N) is 1. The minimum absolute atomic E-state index is 0.409. The summed E-state index contributed by atoms with van der Waals surface area (Å²) in [5, 5.41) is 1.83. The number of carbonyl (C=O) groups excluding carboxylic acids is 3. The fraction of sp³-hybridized carbons (Fsp3) is 0.700. The molecule has 1 fully saturated rings. The van der Waals surface area contributed by atoms with E-state index in [4.69, 9.17) is 0 Å². The molecule has 0 radical (unpaired) electrons. The summed E-state index contributed by atoms with van der Waals surface area (Å²) in [6.07, 6.45) is -1.69. The zero-order valence-corrected chi connectivity index (χ0v) is 10.6. The third-order valence-electron chi connectivity index (χ3n) is 2.46. The fourth-order valence-corrected chi connectivity index (χ4v) is 2.30. The van der Waals surface area contributed by atoms with Gasteiger partial charge in [0.15, 0.2) is 0 Å². The first kappa shape index (κ1) is 14.0. The molecule has 1 saturated heterocycles. The molecule has 1 heterocycles. The van der Waals surface area contributed by atoms with Crippen molar-refractivity contribution in [3.63, 3.8) is 0 Å². The van der Waals surface area contributed by atoms with Gasteiger partial charge in [-0.1, -0.05) is 6.92 Å². The highest BCUT2D eigenvalue weighted by Gasteiger charge is 2.42. The maximum absolute atomic E-state index is 13.2. The van der Waals surface area contributed by atoms with Crippen molar-refractivity contribution in [3.05, 3.63) is 0 Å². The van der Waals surface area contributed by atoms with Gasteiger partial charge in [-0.25, -0.2) is 9.18 Å². The van der Waals surface area contributed by atoms with Crippen molar-refractivity contribution in [2.24, 2.45) is 0 Å². The summed E-state index contributed by atoms with van der Waals surface area (Å²) in [6, 6.07) is -1.24. The molecule has 4 amide bonds. The van der Waals surface area contributed by atoms with Crippen molar-refractivity contribution < 1.29 is 18.8 Å². The van der Waals surface area contributed by atoms with Crippen molar-refractivity contribution in [2.45, 2.75) is 32.5 Å². The summed E-state index contributed by atoms with van der Waals surface area (Å²) in [4.78, 5) is 34.6. The first-order valence-corrected chi connectivity index (χ1v) is 6.54. The zero-order chi connectivity index (χ0) is 13.0. The quantitative estimate of drug-likeness (QED) is 0.591. The van der Waals surface area contributed by atoms with Crippen molar-refractivity contribution in [1.29, 1.82) is 0 Å². The predicted octanol–water partition coefficient (Wildman–Crippen LogP) is 0.935. The Morgan fingerprint density at radius 2 is 2.12 bits per heavy atom. The van der Waals surface area contributed by atoms with Crippen LogP contribution in [0.25, 0.3) is 0 Å². The van der Waals surface area contributed by atoms with Gasteiger partial charge in [0.2, 0.25) is 0 Å². The molecule has 1 aliphatic rings. The molecule has 0 aromatic heterocycles. The first-order valence-electron chi connectivity index (χ1n) is 5.38. The van der Waals surface area contributed by atoms with Gasteiger partial charge in [-0.05, 0) is 24.9 Å². The second kappa shape index (κ2) is 6.00. The number of hydrogen-bond acceptors (Lipinski definition) is 4. The van der Waals surface area contributed by atoms with Gasteiger partial charge in [0.05, 0.1) is 0 Å². The lowest BCUT2D eigenvalue weighted by Gasteiger charge is -2.31. The molecule has 17 heavy (non-hydrogen) atoms. The van der Waals surface area contributed by atoms with E-state index in [0.717, 1.165) is 16.4 Å². The largest absolute Gasteiger partial charge is 0.331 e. The summed E-state index contributed by atoms with van der Waals surface area (Å²) >= 11 is 1.67. The Balaban J connectivity index is 2.64. The van der Waals surface area contributed by atoms with E-state index in [1.54, 1.807) is 18.7 Å². The van der Waals surface area contributed by atoms with Crippen LogP contribution in [0.4, 0.5) is 9.18 Å². The number of imide groups is 2. The Bertz CT molecular complexity index is 338. The number of nitrogens with zero attached hydrogens (tertiary/aromatic N) is 1. The molecule has 1 rings (SSSR count). The lowest BCUT2D eigenvalue weighted by Crippen LogP contribution is -2.61. The predicted molar refractivity (Wildman–Crippen MR) is 62.4 cm³/mol. The van der Waals surface area contributed by atoms with E-state index in [1.807, 2.05) is 12.2 Å². The van der Waals surface area contributed by atoms with Crippen molar-refractivity contribution in [2.75, 3.05) is 11.5 Å². The minimum Gasteiger partial charge on any atom is -0.275 e. The Hall–Kier alpha value is -1.11. The first-order chi connectivity index (χ1) is 7.99. The molecule has 0 aliphatic carbocycles. The minimum atomic E-state index is -2.27. The molecule has 0 saturated carbocycles. The number of carbonyl (C=O) groups is 3. The molecule has 1 N–H and O–H groups in total. The molecule has 1 aliphatic heterocycles. The number of halogens is 1. The van der Waals surface area contributed by atoms with Crippen molar-refractivity contribution in [1.82, 2.24) is 10.2 Å². The van der Waals surface area contributed by atoms with E-state index in [9.17, 15) is 18.8 Å². The average molecular weight is 262 g/mol. The number of thioether (sulfide) groups is 1. The molecule has 0 aromatic rings. The lowest BCUT2D eigenvalue weighted by atomic mass is 10.1. The van der Waals surface area contributed by atoms with E-state index in [-0.39, 0.29) is 0 Å². The molecule has 0 spiro atoms. The van der Waals surface area contributed by atoms with E-state index < -0.39 is 30.1 Å². The zero-order valence-electron chi connectivity index (χ0n) is 9.73. The van der Waals surface area contributed by atoms with E-state index in [1.165, 1.54) is 0 Å². The van der Waals surface area contributed by atoms with Crippen LogP contribution in [0.2, 0.25) is 0 Å². The SMILES string of the molecule is CCSCCC(C)N1C(=O)NC(=O)C(F)C1=O. The standard InChI is InChI=1S/C10H15FN2O3S/c1-3-17-5-4-6(2)13-9(15)7(11)8(14)12-10(13)16/h6-7H,3-5H2,1-2H3,(H,12,14,16). The smallest absolute Gasteiger partial charge is 0.275 e. The second-order valence-corrected chi connectivity index (χ2v) is 5.09. The van der Waals surface area contributed by atoms with Crippen LogP contribution in [0.5, 0.6) is 0 Å². The third kappa shape index (κ3) is 3.18. The topological polar surface area (TPSA) is 66.5 Å². The highest BCUT2D eigenvalue weighted by Crippen LogP contribution is 2.15. The summed E-state index contributed by atoms with van der Waals surface area (Å²) < 4.78 is 13.2. The van der Waals surface area contributed by atoms with Gasteiger partial charge in [0.25, 0.3) is 18.0 Å². The van der Waals surface area contributed by atoms with Crippen LogP contribution in [0.1, 0.15) is 20.3 Å². The van der Waals surface area contributed by atoms with E-state index >= 15 is 0 Å². The maximum Gasteiger partial charge on any atom is 0.331 e. The number of alkyl halides is 1. The number of amides is 4. The molecule has 0 aromatic carbocycles. The number of rotatable bonds is 5. The Morgan fingerprint density at radius 3 is 2.71 bits per heavy atom. The normalized spacial score (nSPS) is 22.6. The van der Waals surface area contributed by atoms with Crippen LogP contribution in [0.3, 0.4) is 0 Å². The summed E-state index contributed by atoms with van der Waals surface area (Å²) in [7, 11) is 0. The Kier molecular flexibility index (Phi) is 4.92. The molecule has 2 unspecified atom stereocenters. The highest BCUT2D eigenvalue weighted by molar-refractivity contribution is 7.99. The van der Waals surface area contributed by atoms with Gasteiger partial charge in [0, 0.05) is 6.04 Å². The van der Waals surface area contributed by atoms with Gasteiger partial charge in [-0.15, -0.1) is 0 Å². The molecular weight excluding hydrogens is 247 g/mol.